The van der Waals surface area contributed by atoms with E-state index in [1.54, 1.807) is 19.9 Å². The summed E-state index contributed by atoms with van der Waals surface area (Å²) in [6.45, 7) is 5.13. The topological polar surface area (TPSA) is 76.7 Å². The molecule has 0 aliphatic carbocycles. The number of nitrogens with one attached hydrogen (secondary N) is 2. The van der Waals surface area contributed by atoms with Crippen LogP contribution in [-0.4, -0.2) is 24.0 Å². The molecule has 6 heteroatoms. The Kier molecular flexibility index (Phi) is 6.34. The Morgan fingerprint density at radius 2 is 1.34 bits per heavy atom. The zero-order valence-corrected chi connectivity index (χ0v) is 16.6. The van der Waals surface area contributed by atoms with Crippen molar-refractivity contribution in [2.75, 3.05) is 0 Å². The molecule has 2 amide bonds. The maximum absolute atomic E-state index is 12.3. The van der Waals surface area contributed by atoms with E-state index in [0.717, 1.165) is 16.3 Å². The summed E-state index contributed by atoms with van der Waals surface area (Å²) in [5, 5.41) is 2.11. The summed E-state index contributed by atoms with van der Waals surface area (Å²) in [5.74, 6) is 0.275. The fraction of sp³-hybridized carbons (Fsp3) is 0.217. The molecule has 0 fully saturated rings. The number of rotatable bonds is 6. The van der Waals surface area contributed by atoms with Gasteiger partial charge in [-0.15, -0.1) is 0 Å². The van der Waals surface area contributed by atoms with Crippen LogP contribution in [-0.2, 0) is 9.59 Å². The van der Waals surface area contributed by atoms with Crippen molar-refractivity contribution in [3.63, 3.8) is 0 Å². The van der Waals surface area contributed by atoms with Gasteiger partial charge in [-0.05, 0) is 55.3 Å². The van der Waals surface area contributed by atoms with E-state index in [2.05, 4.69) is 10.9 Å². The molecular formula is C23H24N2O4. The molecule has 0 spiro atoms. The van der Waals surface area contributed by atoms with Gasteiger partial charge in [-0.1, -0.05) is 48.5 Å². The van der Waals surface area contributed by atoms with Crippen molar-refractivity contribution < 1.29 is 19.1 Å². The molecule has 0 aliphatic rings. The first-order chi connectivity index (χ1) is 13.9. The van der Waals surface area contributed by atoms with Crippen LogP contribution < -0.4 is 20.3 Å². The lowest BCUT2D eigenvalue weighted by Gasteiger charge is -2.18. The Morgan fingerprint density at radius 3 is 2.03 bits per heavy atom. The van der Waals surface area contributed by atoms with Crippen LogP contribution in [0.5, 0.6) is 11.5 Å². The van der Waals surface area contributed by atoms with Gasteiger partial charge in [-0.3, -0.25) is 20.4 Å². The molecule has 0 aliphatic heterocycles. The Bertz CT molecular complexity index is 1020. The third-order valence-corrected chi connectivity index (χ3v) is 4.48. The first-order valence-corrected chi connectivity index (χ1v) is 9.41. The Morgan fingerprint density at radius 1 is 0.759 bits per heavy atom. The van der Waals surface area contributed by atoms with Crippen LogP contribution in [0, 0.1) is 6.92 Å². The van der Waals surface area contributed by atoms with E-state index < -0.39 is 24.0 Å². The zero-order chi connectivity index (χ0) is 20.8. The summed E-state index contributed by atoms with van der Waals surface area (Å²) in [7, 11) is 0. The molecule has 0 saturated carbocycles. The smallest absolute Gasteiger partial charge is 0.279 e. The Balaban J connectivity index is 1.51. The van der Waals surface area contributed by atoms with E-state index in [0.29, 0.717) is 11.5 Å². The molecule has 150 valence electrons. The van der Waals surface area contributed by atoms with Gasteiger partial charge in [0.2, 0.25) is 0 Å². The van der Waals surface area contributed by atoms with E-state index in [1.807, 2.05) is 67.6 Å². The number of aryl methyl sites for hydroxylation is 1. The standard InChI is InChI=1S/C23H24N2O4/c1-15-8-4-7-11-21(15)29-17(3)23(27)25-24-22(26)16(2)28-20-13-12-18-9-5-6-10-19(18)14-20/h4-14,16-17H,1-3H3,(H,24,26)(H,25,27)/t16-,17-/m1/s1. The van der Waals surface area contributed by atoms with Gasteiger partial charge in [0.25, 0.3) is 11.8 Å². The number of ether oxygens (including phenoxy) is 2. The highest BCUT2D eigenvalue weighted by Crippen LogP contribution is 2.21. The minimum atomic E-state index is -0.788. The van der Waals surface area contributed by atoms with Crippen LogP contribution in [0.1, 0.15) is 19.4 Å². The van der Waals surface area contributed by atoms with Crippen LogP contribution in [0.2, 0.25) is 0 Å². The van der Waals surface area contributed by atoms with Crippen molar-refractivity contribution in [3.05, 3.63) is 72.3 Å². The van der Waals surface area contributed by atoms with Crippen LogP contribution in [0.4, 0.5) is 0 Å². The van der Waals surface area contributed by atoms with Gasteiger partial charge >= 0.3 is 0 Å². The number of carbonyl (C=O) groups excluding carboxylic acids is 2. The molecule has 29 heavy (non-hydrogen) atoms. The summed E-state index contributed by atoms with van der Waals surface area (Å²) >= 11 is 0. The van der Waals surface area contributed by atoms with Gasteiger partial charge in [0, 0.05) is 0 Å². The number of hydrogen-bond donors (Lipinski definition) is 2. The number of benzene rings is 3. The average molecular weight is 392 g/mol. The normalized spacial score (nSPS) is 12.7. The molecule has 3 aromatic rings. The minimum Gasteiger partial charge on any atom is -0.481 e. The molecule has 2 N–H and O–H groups in total. The summed E-state index contributed by atoms with van der Waals surface area (Å²) in [6.07, 6.45) is -1.56. The minimum absolute atomic E-state index is 0.459. The zero-order valence-electron chi connectivity index (χ0n) is 16.6. The fourth-order valence-electron chi connectivity index (χ4n) is 2.76. The molecule has 3 aromatic carbocycles. The number of amides is 2. The molecule has 0 radical (unpaired) electrons. The van der Waals surface area contributed by atoms with Crippen LogP contribution in [0.3, 0.4) is 0 Å². The third kappa shape index (κ3) is 5.25. The summed E-state index contributed by atoms with van der Waals surface area (Å²) in [6, 6.07) is 20.9. The lowest BCUT2D eigenvalue weighted by Crippen LogP contribution is -2.50. The van der Waals surface area contributed by atoms with Gasteiger partial charge in [0.1, 0.15) is 11.5 Å². The first kappa shape index (κ1) is 20.2. The lowest BCUT2D eigenvalue weighted by atomic mass is 10.1. The SMILES string of the molecule is Cc1ccccc1O[C@H](C)C(=O)NNC(=O)[C@@H](C)Oc1ccc2ccccc2c1. The Labute approximate surface area is 169 Å². The molecule has 0 aromatic heterocycles. The van der Waals surface area contributed by atoms with E-state index in [1.165, 1.54) is 0 Å². The predicted octanol–water partition coefficient (Wildman–Crippen LogP) is 3.53. The predicted molar refractivity (Wildman–Crippen MR) is 112 cm³/mol. The first-order valence-electron chi connectivity index (χ1n) is 9.41. The number of hydrazine groups is 1. The molecule has 0 bridgehead atoms. The average Bonchev–Trinajstić information content (AvgIpc) is 2.73. The summed E-state index contributed by atoms with van der Waals surface area (Å²) in [4.78, 5) is 24.5. The fourth-order valence-corrected chi connectivity index (χ4v) is 2.76. The quantitative estimate of drug-likeness (QED) is 0.629. The van der Waals surface area contributed by atoms with Crippen molar-refractivity contribution in [2.24, 2.45) is 0 Å². The monoisotopic (exact) mass is 392 g/mol. The second-order valence-electron chi connectivity index (χ2n) is 6.77. The van der Waals surface area contributed by atoms with Crippen molar-refractivity contribution in [1.82, 2.24) is 10.9 Å². The second-order valence-corrected chi connectivity index (χ2v) is 6.77. The van der Waals surface area contributed by atoms with Crippen molar-refractivity contribution in [3.8, 4) is 11.5 Å². The Hall–Kier alpha value is -3.54. The van der Waals surface area contributed by atoms with Gasteiger partial charge in [0.05, 0.1) is 0 Å². The van der Waals surface area contributed by atoms with Crippen LogP contribution >= 0.6 is 0 Å². The maximum Gasteiger partial charge on any atom is 0.279 e. The molecule has 0 heterocycles. The third-order valence-electron chi connectivity index (χ3n) is 4.48. The molecular weight excluding hydrogens is 368 g/mol. The van der Waals surface area contributed by atoms with E-state index in [9.17, 15) is 9.59 Å². The largest absolute Gasteiger partial charge is 0.481 e. The molecule has 0 unspecified atom stereocenters. The number of carbonyl (C=O) groups is 2. The van der Waals surface area contributed by atoms with E-state index >= 15 is 0 Å². The molecule has 0 saturated heterocycles. The number of fused-ring (bicyclic) bond motifs is 1. The summed E-state index contributed by atoms with van der Waals surface area (Å²) in [5.41, 5.74) is 5.68. The maximum atomic E-state index is 12.3. The van der Waals surface area contributed by atoms with E-state index in [4.69, 9.17) is 9.47 Å². The molecule has 6 nitrogen and oxygen atoms in total. The van der Waals surface area contributed by atoms with E-state index in [-0.39, 0.29) is 0 Å². The molecule has 3 rings (SSSR count). The lowest BCUT2D eigenvalue weighted by molar-refractivity contribution is -0.135. The van der Waals surface area contributed by atoms with Gasteiger partial charge < -0.3 is 9.47 Å². The summed E-state index contributed by atoms with van der Waals surface area (Å²) < 4.78 is 11.3. The van der Waals surface area contributed by atoms with Gasteiger partial charge in [0.15, 0.2) is 12.2 Å². The highest BCUT2D eigenvalue weighted by atomic mass is 16.5. The van der Waals surface area contributed by atoms with Crippen molar-refractivity contribution >= 4 is 22.6 Å². The highest BCUT2D eigenvalue weighted by molar-refractivity contribution is 5.87. The van der Waals surface area contributed by atoms with Crippen LogP contribution in [0.15, 0.2) is 66.7 Å². The van der Waals surface area contributed by atoms with Crippen molar-refractivity contribution in [2.45, 2.75) is 33.0 Å². The highest BCUT2D eigenvalue weighted by Gasteiger charge is 2.19. The number of hydrogen-bond acceptors (Lipinski definition) is 4. The molecule has 2 atom stereocenters. The number of para-hydroxylation sites is 1. The van der Waals surface area contributed by atoms with Crippen molar-refractivity contribution in [1.29, 1.82) is 0 Å². The second kappa shape index (κ2) is 9.10. The van der Waals surface area contributed by atoms with Gasteiger partial charge in [-0.25, -0.2) is 0 Å². The van der Waals surface area contributed by atoms with Crippen LogP contribution in [0.25, 0.3) is 10.8 Å². The van der Waals surface area contributed by atoms with Gasteiger partial charge in [-0.2, -0.15) is 0 Å².